The van der Waals surface area contributed by atoms with E-state index in [2.05, 4.69) is 10.0 Å². The molecule has 0 unspecified atom stereocenters. The lowest BCUT2D eigenvalue weighted by molar-refractivity contribution is 0.0947. The van der Waals surface area contributed by atoms with E-state index in [1.807, 2.05) is 31.2 Å². The van der Waals surface area contributed by atoms with Gasteiger partial charge >= 0.3 is 0 Å². The maximum absolute atomic E-state index is 12.4. The lowest BCUT2D eigenvalue weighted by atomic mass is 10.2. The Balaban J connectivity index is 1.52. The van der Waals surface area contributed by atoms with E-state index in [-0.39, 0.29) is 10.8 Å². The van der Waals surface area contributed by atoms with E-state index in [0.717, 1.165) is 11.3 Å². The van der Waals surface area contributed by atoms with Crippen molar-refractivity contribution in [2.75, 3.05) is 17.9 Å². The van der Waals surface area contributed by atoms with E-state index in [1.54, 1.807) is 30.3 Å². The molecule has 0 saturated heterocycles. The molecule has 0 bridgehead atoms. The van der Waals surface area contributed by atoms with E-state index in [0.29, 0.717) is 24.4 Å². The summed E-state index contributed by atoms with van der Waals surface area (Å²) in [5.41, 5.74) is 2.00. The van der Waals surface area contributed by atoms with Crippen LogP contribution in [0.1, 0.15) is 15.9 Å². The van der Waals surface area contributed by atoms with E-state index >= 15 is 0 Å². The van der Waals surface area contributed by atoms with Crippen LogP contribution in [-0.4, -0.2) is 27.5 Å². The molecular weight excluding hydrogens is 388 g/mol. The second kappa shape index (κ2) is 9.25. The van der Waals surface area contributed by atoms with Gasteiger partial charge in [0.05, 0.1) is 11.4 Å². The highest BCUT2D eigenvalue weighted by Crippen LogP contribution is 2.16. The molecule has 0 spiro atoms. The zero-order valence-corrected chi connectivity index (χ0v) is 16.8. The molecule has 150 valence electrons. The van der Waals surface area contributed by atoms with Crippen molar-refractivity contribution in [2.24, 2.45) is 0 Å². The molecule has 0 radical (unpaired) electrons. The van der Waals surface area contributed by atoms with Crippen LogP contribution in [0.3, 0.4) is 0 Å². The number of hydrogen-bond acceptors (Lipinski definition) is 4. The van der Waals surface area contributed by atoms with Gasteiger partial charge in [-0.2, -0.15) is 0 Å². The fraction of sp³-hybridized carbons (Fsp3) is 0.136. The zero-order chi connectivity index (χ0) is 20.7. The van der Waals surface area contributed by atoms with E-state index in [9.17, 15) is 13.2 Å². The molecule has 3 aromatic rings. The van der Waals surface area contributed by atoms with Gasteiger partial charge in [-0.05, 0) is 55.5 Å². The van der Waals surface area contributed by atoms with Gasteiger partial charge in [-0.25, -0.2) is 8.42 Å². The largest absolute Gasteiger partial charge is 0.492 e. The summed E-state index contributed by atoms with van der Waals surface area (Å²) in [6.45, 7) is 2.67. The minimum absolute atomic E-state index is 0.0839. The fourth-order valence-electron chi connectivity index (χ4n) is 2.58. The zero-order valence-electron chi connectivity index (χ0n) is 16.0. The lowest BCUT2D eigenvalue weighted by Crippen LogP contribution is -2.28. The molecule has 1 amide bonds. The van der Waals surface area contributed by atoms with Crippen LogP contribution < -0.4 is 14.8 Å². The number of carbonyl (C=O) groups is 1. The SMILES string of the molecule is Cc1ccc(OCCNC(=O)c2ccc(S(=O)(=O)Nc3ccccc3)cc2)cc1. The molecule has 0 atom stereocenters. The molecule has 0 heterocycles. The Morgan fingerprint density at radius 1 is 0.897 bits per heavy atom. The van der Waals surface area contributed by atoms with Gasteiger partial charge in [0.25, 0.3) is 15.9 Å². The first-order chi connectivity index (χ1) is 13.9. The number of benzene rings is 3. The summed E-state index contributed by atoms with van der Waals surface area (Å²) in [5.74, 6) is 0.447. The Kier molecular flexibility index (Phi) is 6.51. The predicted octanol–water partition coefficient (Wildman–Crippen LogP) is 3.60. The maximum atomic E-state index is 12.4. The highest BCUT2D eigenvalue weighted by atomic mass is 32.2. The molecule has 3 rings (SSSR count). The fourth-order valence-corrected chi connectivity index (χ4v) is 3.63. The average molecular weight is 410 g/mol. The quantitative estimate of drug-likeness (QED) is 0.556. The molecule has 0 saturated carbocycles. The van der Waals surface area contributed by atoms with Crippen LogP contribution in [0.25, 0.3) is 0 Å². The summed E-state index contributed by atoms with van der Waals surface area (Å²) in [6, 6.07) is 22.1. The Morgan fingerprint density at radius 2 is 1.55 bits per heavy atom. The number of aryl methyl sites for hydroxylation is 1. The Bertz CT molecular complexity index is 1050. The summed E-state index contributed by atoms with van der Waals surface area (Å²) in [6.07, 6.45) is 0. The van der Waals surface area contributed by atoms with Crippen molar-refractivity contribution < 1.29 is 17.9 Å². The third-order valence-electron chi connectivity index (χ3n) is 4.13. The van der Waals surface area contributed by atoms with E-state index < -0.39 is 10.0 Å². The first-order valence-corrected chi connectivity index (χ1v) is 10.6. The van der Waals surface area contributed by atoms with Crippen molar-refractivity contribution in [3.05, 3.63) is 90.0 Å². The lowest BCUT2D eigenvalue weighted by Gasteiger charge is -2.10. The van der Waals surface area contributed by atoms with E-state index in [4.69, 9.17) is 4.74 Å². The number of amides is 1. The molecule has 0 fully saturated rings. The number of nitrogens with one attached hydrogen (secondary N) is 2. The molecule has 0 aliphatic carbocycles. The predicted molar refractivity (Wildman–Crippen MR) is 113 cm³/mol. The van der Waals surface area contributed by atoms with Crippen LogP contribution in [0, 0.1) is 6.92 Å². The summed E-state index contributed by atoms with van der Waals surface area (Å²) in [7, 11) is -3.71. The molecule has 0 aromatic heterocycles. The summed E-state index contributed by atoms with van der Waals surface area (Å²) in [5, 5.41) is 2.75. The van der Waals surface area contributed by atoms with Crippen molar-refractivity contribution in [2.45, 2.75) is 11.8 Å². The van der Waals surface area contributed by atoms with Gasteiger partial charge in [-0.15, -0.1) is 0 Å². The molecule has 7 heteroatoms. The van der Waals surface area contributed by atoms with Crippen LogP contribution in [0.2, 0.25) is 0 Å². The Labute approximate surface area is 170 Å². The van der Waals surface area contributed by atoms with Crippen molar-refractivity contribution in [3.63, 3.8) is 0 Å². The summed E-state index contributed by atoms with van der Waals surface area (Å²) >= 11 is 0. The van der Waals surface area contributed by atoms with Gasteiger partial charge < -0.3 is 10.1 Å². The van der Waals surface area contributed by atoms with Gasteiger partial charge in [0.15, 0.2) is 0 Å². The number of hydrogen-bond donors (Lipinski definition) is 2. The first-order valence-electron chi connectivity index (χ1n) is 9.10. The third-order valence-corrected chi connectivity index (χ3v) is 5.53. The highest BCUT2D eigenvalue weighted by Gasteiger charge is 2.15. The second-order valence-electron chi connectivity index (χ2n) is 6.41. The molecule has 0 aliphatic rings. The number of sulfonamides is 1. The van der Waals surface area contributed by atoms with Crippen molar-refractivity contribution >= 4 is 21.6 Å². The Morgan fingerprint density at radius 3 is 2.21 bits per heavy atom. The topological polar surface area (TPSA) is 84.5 Å². The number of carbonyl (C=O) groups excluding carboxylic acids is 1. The van der Waals surface area contributed by atoms with Crippen LogP contribution in [0.5, 0.6) is 5.75 Å². The monoisotopic (exact) mass is 410 g/mol. The van der Waals surface area contributed by atoms with Crippen LogP contribution in [0.15, 0.2) is 83.8 Å². The molecule has 6 nitrogen and oxygen atoms in total. The highest BCUT2D eigenvalue weighted by molar-refractivity contribution is 7.92. The van der Waals surface area contributed by atoms with Crippen LogP contribution in [-0.2, 0) is 10.0 Å². The van der Waals surface area contributed by atoms with Gasteiger partial charge in [-0.3, -0.25) is 9.52 Å². The number of ether oxygens (including phenoxy) is 1. The van der Waals surface area contributed by atoms with Crippen molar-refractivity contribution in [1.29, 1.82) is 0 Å². The summed E-state index contributed by atoms with van der Waals surface area (Å²) in [4.78, 5) is 12.3. The average Bonchev–Trinajstić information content (AvgIpc) is 2.73. The normalized spacial score (nSPS) is 10.9. The van der Waals surface area contributed by atoms with Gasteiger partial charge in [0.2, 0.25) is 0 Å². The van der Waals surface area contributed by atoms with E-state index in [1.165, 1.54) is 24.3 Å². The van der Waals surface area contributed by atoms with Gasteiger partial charge in [0.1, 0.15) is 12.4 Å². The summed E-state index contributed by atoms with van der Waals surface area (Å²) < 4.78 is 32.9. The molecular formula is C22H22N2O4S. The number of anilines is 1. The minimum Gasteiger partial charge on any atom is -0.492 e. The van der Waals surface area contributed by atoms with Crippen LogP contribution in [0.4, 0.5) is 5.69 Å². The molecule has 2 N–H and O–H groups in total. The van der Waals surface area contributed by atoms with Crippen molar-refractivity contribution in [3.8, 4) is 5.75 Å². The minimum atomic E-state index is -3.71. The maximum Gasteiger partial charge on any atom is 0.261 e. The number of para-hydroxylation sites is 1. The van der Waals surface area contributed by atoms with Crippen molar-refractivity contribution in [1.82, 2.24) is 5.32 Å². The van der Waals surface area contributed by atoms with Gasteiger partial charge in [-0.1, -0.05) is 35.9 Å². The second-order valence-corrected chi connectivity index (χ2v) is 8.10. The third kappa shape index (κ3) is 5.83. The first kappa shape index (κ1) is 20.4. The van der Waals surface area contributed by atoms with Crippen LogP contribution >= 0.6 is 0 Å². The molecule has 3 aromatic carbocycles. The molecule has 29 heavy (non-hydrogen) atoms. The Hall–Kier alpha value is -3.32. The number of rotatable bonds is 8. The smallest absolute Gasteiger partial charge is 0.261 e. The molecule has 0 aliphatic heterocycles. The van der Waals surface area contributed by atoms with Gasteiger partial charge in [0, 0.05) is 11.3 Å². The standard InChI is InChI=1S/C22H22N2O4S/c1-17-7-11-20(12-8-17)28-16-15-23-22(25)18-9-13-21(14-10-18)29(26,27)24-19-5-3-2-4-6-19/h2-14,24H,15-16H2,1H3,(H,23,25).